The van der Waals surface area contributed by atoms with Crippen LogP contribution in [0.1, 0.15) is 25.7 Å². The molecule has 0 amide bonds. The van der Waals surface area contributed by atoms with E-state index < -0.39 is 0 Å². The molecule has 2 saturated heterocycles. The molecule has 1 unspecified atom stereocenters. The minimum atomic E-state index is 0.815. The van der Waals surface area contributed by atoms with Crippen molar-refractivity contribution in [3.63, 3.8) is 0 Å². The second kappa shape index (κ2) is 3.55. The molecule has 0 saturated carbocycles. The zero-order valence-corrected chi connectivity index (χ0v) is 7.05. The van der Waals surface area contributed by atoms with Crippen LogP contribution in [0.5, 0.6) is 0 Å². The van der Waals surface area contributed by atoms with Gasteiger partial charge in [0, 0.05) is 19.1 Å². The van der Waals surface area contributed by atoms with Gasteiger partial charge in [-0.25, -0.2) is 0 Å². The topological polar surface area (TPSA) is 15.3 Å². The molecule has 2 rings (SSSR count). The van der Waals surface area contributed by atoms with Crippen LogP contribution in [0.4, 0.5) is 0 Å². The van der Waals surface area contributed by atoms with Crippen LogP contribution in [0.25, 0.3) is 0 Å². The Morgan fingerprint density at radius 3 is 3.00 bits per heavy atom. The number of hydrogen-bond acceptors (Lipinski definition) is 2. The number of piperidine rings is 1. The van der Waals surface area contributed by atoms with Crippen molar-refractivity contribution < 1.29 is 0 Å². The molecular weight excluding hydrogens is 136 g/mol. The predicted octanol–water partition coefficient (Wildman–Crippen LogP) is 0.996. The van der Waals surface area contributed by atoms with Crippen LogP contribution in [0, 0.1) is 6.54 Å². The Balaban J connectivity index is 1.82. The summed E-state index contributed by atoms with van der Waals surface area (Å²) in [5.41, 5.74) is 0. The molecule has 0 aromatic carbocycles. The summed E-state index contributed by atoms with van der Waals surface area (Å²) >= 11 is 0. The Bertz CT molecular complexity index is 113. The van der Waals surface area contributed by atoms with Gasteiger partial charge in [0.1, 0.15) is 0 Å². The van der Waals surface area contributed by atoms with Crippen molar-refractivity contribution in [3.05, 3.63) is 6.54 Å². The van der Waals surface area contributed by atoms with E-state index >= 15 is 0 Å². The van der Waals surface area contributed by atoms with Crippen molar-refractivity contribution in [3.8, 4) is 0 Å². The zero-order chi connectivity index (χ0) is 7.52. The largest absolute Gasteiger partial charge is 0.315 e. The van der Waals surface area contributed by atoms with Gasteiger partial charge in [-0.3, -0.25) is 4.90 Å². The van der Waals surface area contributed by atoms with E-state index in [1.165, 1.54) is 45.3 Å². The van der Waals surface area contributed by atoms with Gasteiger partial charge in [-0.05, 0) is 32.4 Å². The Kier molecular flexibility index (Phi) is 2.44. The van der Waals surface area contributed by atoms with Gasteiger partial charge >= 0.3 is 0 Å². The molecule has 0 aliphatic carbocycles. The summed E-state index contributed by atoms with van der Waals surface area (Å²) in [6.45, 7) is 6.12. The molecule has 1 N–H and O–H groups in total. The Morgan fingerprint density at radius 1 is 1.36 bits per heavy atom. The monoisotopic (exact) mass is 153 g/mol. The third-order valence-corrected chi connectivity index (χ3v) is 2.74. The summed E-state index contributed by atoms with van der Waals surface area (Å²) in [4.78, 5) is 2.55. The number of hydrogen-bond donors (Lipinski definition) is 1. The quantitative estimate of drug-likeness (QED) is 0.604. The molecule has 2 nitrogen and oxygen atoms in total. The zero-order valence-electron chi connectivity index (χ0n) is 7.05. The molecule has 2 aliphatic heterocycles. The maximum atomic E-state index is 3.41. The van der Waals surface area contributed by atoms with Gasteiger partial charge in [0.15, 0.2) is 0 Å². The van der Waals surface area contributed by atoms with Crippen molar-refractivity contribution in [2.24, 2.45) is 0 Å². The van der Waals surface area contributed by atoms with Gasteiger partial charge < -0.3 is 5.32 Å². The minimum Gasteiger partial charge on any atom is -0.315 e. The van der Waals surface area contributed by atoms with Crippen molar-refractivity contribution >= 4 is 0 Å². The molecule has 2 fully saturated rings. The van der Waals surface area contributed by atoms with Crippen molar-refractivity contribution in [2.75, 3.05) is 19.6 Å². The van der Waals surface area contributed by atoms with Gasteiger partial charge in [-0.1, -0.05) is 6.42 Å². The molecule has 0 spiro atoms. The summed E-state index contributed by atoms with van der Waals surface area (Å²) in [5, 5.41) is 3.41. The molecule has 2 aliphatic rings. The summed E-state index contributed by atoms with van der Waals surface area (Å²) in [6, 6.07) is 0.815. The number of rotatable bonds is 1. The predicted molar refractivity (Wildman–Crippen MR) is 46.1 cm³/mol. The van der Waals surface area contributed by atoms with Crippen LogP contribution in [-0.2, 0) is 0 Å². The summed E-state index contributed by atoms with van der Waals surface area (Å²) in [6.07, 6.45) is 5.44. The average Bonchev–Trinajstić information content (AvgIpc) is 2.58. The summed E-state index contributed by atoms with van der Waals surface area (Å²) in [7, 11) is 0. The highest BCUT2D eigenvalue weighted by molar-refractivity contribution is 4.86. The highest BCUT2D eigenvalue weighted by Gasteiger charge is 2.23. The minimum absolute atomic E-state index is 0.815. The van der Waals surface area contributed by atoms with E-state index in [0.717, 1.165) is 6.04 Å². The van der Waals surface area contributed by atoms with E-state index in [-0.39, 0.29) is 0 Å². The fourth-order valence-electron chi connectivity index (χ4n) is 2.04. The first-order chi connectivity index (χ1) is 5.47. The molecule has 11 heavy (non-hydrogen) atoms. The van der Waals surface area contributed by atoms with Crippen molar-refractivity contribution in [1.29, 1.82) is 0 Å². The molecule has 63 valence electrons. The fraction of sp³-hybridized carbons (Fsp3) is 0.889. The Labute approximate surface area is 69.0 Å². The normalized spacial score (nSPS) is 34.4. The van der Waals surface area contributed by atoms with Crippen LogP contribution in [0.2, 0.25) is 0 Å². The Morgan fingerprint density at radius 2 is 2.36 bits per heavy atom. The second-order valence-electron chi connectivity index (χ2n) is 3.56. The summed E-state index contributed by atoms with van der Waals surface area (Å²) in [5.74, 6) is 0. The van der Waals surface area contributed by atoms with Crippen molar-refractivity contribution in [2.45, 2.75) is 31.7 Å². The Hall–Kier alpha value is -0.0800. The number of likely N-dealkylation sites (tertiary alicyclic amines) is 1. The molecule has 0 aromatic heterocycles. The van der Waals surface area contributed by atoms with Gasteiger partial charge in [0.05, 0.1) is 0 Å². The molecule has 2 heteroatoms. The van der Waals surface area contributed by atoms with Crippen LogP contribution in [0.15, 0.2) is 0 Å². The van der Waals surface area contributed by atoms with Gasteiger partial charge in [-0.2, -0.15) is 0 Å². The third-order valence-electron chi connectivity index (χ3n) is 2.74. The fourth-order valence-corrected chi connectivity index (χ4v) is 2.04. The molecule has 2 heterocycles. The van der Waals surface area contributed by atoms with E-state index in [0.29, 0.717) is 0 Å². The molecule has 0 aromatic rings. The SMILES string of the molecule is [CH]1CCCCN1C1CCNC1. The lowest BCUT2D eigenvalue weighted by molar-refractivity contribution is 0.220. The van der Waals surface area contributed by atoms with Crippen molar-refractivity contribution in [1.82, 2.24) is 10.2 Å². The van der Waals surface area contributed by atoms with E-state index in [1.807, 2.05) is 0 Å². The average molecular weight is 153 g/mol. The van der Waals surface area contributed by atoms with E-state index in [2.05, 4.69) is 16.8 Å². The highest BCUT2D eigenvalue weighted by Crippen LogP contribution is 2.18. The van der Waals surface area contributed by atoms with E-state index in [4.69, 9.17) is 0 Å². The standard InChI is InChI=1S/C9H17N2/c1-2-6-11(7-3-1)9-4-5-10-8-9/h6,9-10H,1-5,7-8H2. The van der Waals surface area contributed by atoms with E-state index in [1.54, 1.807) is 0 Å². The van der Waals surface area contributed by atoms with Crippen LogP contribution in [0.3, 0.4) is 0 Å². The van der Waals surface area contributed by atoms with Crippen LogP contribution >= 0.6 is 0 Å². The van der Waals surface area contributed by atoms with Gasteiger partial charge in [0.25, 0.3) is 0 Å². The smallest absolute Gasteiger partial charge is 0.0255 e. The summed E-state index contributed by atoms with van der Waals surface area (Å²) < 4.78 is 0. The third kappa shape index (κ3) is 1.74. The molecular formula is C9H17N2. The lowest BCUT2D eigenvalue weighted by Crippen LogP contribution is -2.37. The first-order valence-electron chi connectivity index (χ1n) is 4.76. The van der Waals surface area contributed by atoms with E-state index in [9.17, 15) is 0 Å². The molecule has 1 atom stereocenters. The van der Waals surface area contributed by atoms with Crippen LogP contribution < -0.4 is 5.32 Å². The first kappa shape index (κ1) is 7.56. The lowest BCUT2D eigenvalue weighted by atomic mass is 10.1. The van der Waals surface area contributed by atoms with Gasteiger partial charge in [-0.15, -0.1) is 0 Å². The molecule has 1 radical (unpaired) electrons. The maximum absolute atomic E-state index is 3.41. The number of nitrogens with one attached hydrogen (secondary N) is 1. The van der Waals surface area contributed by atoms with Crippen LogP contribution in [-0.4, -0.2) is 30.6 Å². The van der Waals surface area contributed by atoms with Gasteiger partial charge in [0.2, 0.25) is 0 Å². The number of nitrogens with zero attached hydrogens (tertiary/aromatic N) is 1. The first-order valence-corrected chi connectivity index (χ1v) is 4.76. The highest BCUT2D eigenvalue weighted by atomic mass is 15.2. The molecule has 0 bridgehead atoms. The maximum Gasteiger partial charge on any atom is 0.0255 e. The lowest BCUT2D eigenvalue weighted by Gasteiger charge is -2.31. The second-order valence-corrected chi connectivity index (χ2v) is 3.56.